The van der Waals surface area contributed by atoms with Gasteiger partial charge in [0.25, 0.3) is 0 Å². The average Bonchev–Trinajstić information content (AvgIpc) is 2.23. The molecule has 1 aliphatic heterocycles. The molecule has 2 rings (SSSR count). The lowest BCUT2D eigenvalue weighted by molar-refractivity contribution is -0.278. The average molecular weight is 224 g/mol. The predicted octanol–water partition coefficient (Wildman–Crippen LogP) is 3.38. The molecule has 0 bridgehead atoms. The van der Waals surface area contributed by atoms with Crippen molar-refractivity contribution in [2.75, 3.05) is 6.61 Å². The summed E-state index contributed by atoms with van der Waals surface area (Å²) < 4.78 is 12.0. The van der Waals surface area contributed by atoms with Gasteiger partial charge < -0.3 is 9.47 Å². The molecule has 1 heterocycles. The van der Waals surface area contributed by atoms with E-state index in [4.69, 9.17) is 9.47 Å². The highest BCUT2D eigenvalue weighted by Crippen LogP contribution is 2.37. The highest BCUT2D eigenvalue weighted by atomic mass is 16.7. The highest BCUT2D eigenvalue weighted by Gasteiger charge is 2.39. The van der Waals surface area contributed by atoms with Gasteiger partial charge in [0.15, 0.2) is 6.29 Å². The highest BCUT2D eigenvalue weighted by molar-refractivity contribution is 4.95. The van der Waals surface area contributed by atoms with E-state index in [1.807, 2.05) is 0 Å². The minimum atomic E-state index is 0.00275. The molecule has 1 aliphatic carbocycles. The Morgan fingerprint density at radius 1 is 1.12 bits per heavy atom. The zero-order valence-electron chi connectivity index (χ0n) is 10.9. The summed E-state index contributed by atoms with van der Waals surface area (Å²) in [4.78, 5) is 0. The molecule has 0 spiro atoms. The summed E-state index contributed by atoms with van der Waals surface area (Å²) in [5.74, 6) is 1.20. The standard InChI is InChI=1S/C14H24O2/c1-10-7-5-6-8-12(10)13-15-9-14(3,4)11(2)16-13/h5-6,10-13H,7-9H2,1-4H3/t10-,11-,12+,13+/m0/s1. The van der Waals surface area contributed by atoms with Gasteiger partial charge in [-0.25, -0.2) is 0 Å². The molecule has 0 aromatic rings. The van der Waals surface area contributed by atoms with Crippen molar-refractivity contribution in [3.63, 3.8) is 0 Å². The van der Waals surface area contributed by atoms with Crippen molar-refractivity contribution in [3.8, 4) is 0 Å². The van der Waals surface area contributed by atoms with Crippen molar-refractivity contribution in [1.82, 2.24) is 0 Å². The molecule has 0 unspecified atom stereocenters. The lowest BCUT2D eigenvalue weighted by Crippen LogP contribution is -2.48. The lowest BCUT2D eigenvalue weighted by atomic mass is 9.82. The van der Waals surface area contributed by atoms with E-state index < -0.39 is 0 Å². The van der Waals surface area contributed by atoms with Crippen LogP contribution in [0.2, 0.25) is 0 Å². The molecule has 0 radical (unpaired) electrons. The smallest absolute Gasteiger partial charge is 0.161 e. The van der Waals surface area contributed by atoms with Gasteiger partial charge in [-0.2, -0.15) is 0 Å². The van der Waals surface area contributed by atoms with Crippen molar-refractivity contribution in [1.29, 1.82) is 0 Å². The van der Waals surface area contributed by atoms with Gasteiger partial charge in [-0.05, 0) is 25.7 Å². The summed E-state index contributed by atoms with van der Waals surface area (Å²) in [7, 11) is 0. The lowest BCUT2D eigenvalue weighted by Gasteiger charge is -2.44. The van der Waals surface area contributed by atoms with Gasteiger partial charge in [0, 0.05) is 11.3 Å². The van der Waals surface area contributed by atoms with Crippen molar-refractivity contribution >= 4 is 0 Å². The summed E-state index contributed by atoms with van der Waals surface area (Å²) in [5, 5.41) is 0. The third-order valence-corrected chi connectivity index (χ3v) is 4.22. The first-order chi connectivity index (χ1) is 7.50. The molecule has 2 aliphatic rings. The topological polar surface area (TPSA) is 18.5 Å². The molecule has 92 valence electrons. The Kier molecular flexibility index (Phi) is 3.41. The van der Waals surface area contributed by atoms with E-state index in [2.05, 4.69) is 39.8 Å². The Balaban J connectivity index is 1.99. The van der Waals surface area contributed by atoms with Crippen molar-refractivity contribution in [2.24, 2.45) is 17.3 Å². The van der Waals surface area contributed by atoms with Crippen LogP contribution in [0.5, 0.6) is 0 Å². The second-order valence-corrected chi connectivity index (χ2v) is 6.03. The molecule has 2 heteroatoms. The minimum absolute atomic E-state index is 0.00275. The van der Waals surface area contributed by atoms with E-state index in [0.29, 0.717) is 11.8 Å². The van der Waals surface area contributed by atoms with Crippen molar-refractivity contribution in [3.05, 3.63) is 12.2 Å². The van der Waals surface area contributed by atoms with Crippen LogP contribution in [0.1, 0.15) is 40.5 Å². The molecule has 1 saturated heterocycles. The normalized spacial score (nSPS) is 43.2. The van der Waals surface area contributed by atoms with Crippen LogP contribution in [0.3, 0.4) is 0 Å². The second-order valence-electron chi connectivity index (χ2n) is 6.03. The molecule has 2 nitrogen and oxygen atoms in total. The number of allylic oxidation sites excluding steroid dienone is 2. The number of ether oxygens (including phenoxy) is 2. The molecule has 0 saturated carbocycles. The Bertz CT molecular complexity index is 270. The van der Waals surface area contributed by atoms with E-state index in [1.54, 1.807) is 0 Å². The molecule has 16 heavy (non-hydrogen) atoms. The SMILES string of the molecule is C[C@@H]1O[C@H]([C@@H]2CC=CC[C@@H]2C)OCC1(C)C. The molecule has 1 fully saturated rings. The van der Waals surface area contributed by atoms with Gasteiger partial charge in [0.05, 0.1) is 12.7 Å². The van der Waals surface area contributed by atoms with Gasteiger partial charge in [0.2, 0.25) is 0 Å². The summed E-state index contributed by atoms with van der Waals surface area (Å²) in [6.45, 7) is 9.69. The summed E-state index contributed by atoms with van der Waals surface area (Å²) in [5.41, 5.74) is 0.143. The Hall–Kier alpha value is -0.340. The van der Waals surface area contributed by atoms with E-state index in [1.165, 1.54) is 0 Å². The van der Waals surface area contributed by atoms with Crippen LogP contribution >= 0.6 is 0 Å². The van der Waals surface area contributed by atoms with Crippen molar-refractivity contribution in [2.45, 2.75) is 52.9 Å². The minimum Gasteiger partial charge on any atom is -0.352 e. The maximum absolute atomic E-state index is 6.06. The first kappa shape index (κ1) is 12.1. The van der Waals surface area contributed by atoms with Crippen LogP contribution in [0.15, 0.2) is 12.2 Å². The Morgan fingerprint density at radius 2 is 1.81 bits per heavy atom. The number of hydrogen-bond donors (Lipinski definition) is 0. The van der Waals surface area contributed by atoms with Crippen LogP contribution < -0.4 is 0 Å². The molecular formula is C14H24O2. The van der Waals surface area contributed by atoms with E-state index in [9.17, 15) is 0 Å². The third-order valence-electron chi connectivity index (χ3n) is 4.22. The monoisotopic (exact) mass is 224 g/mol. The zero-order valence-corrected chi connectivity index (χ0v) is 10.9. The van der Waals surface area contributed by atoms with Gasteiger partial charge in [-0.15, -0.1) is 0 Å². The largest absolute Gasteiger partial charge is 0.352 e. The Labute approximate surface area is 99.0 Å². The van der Waals surface area contributed by atoms with E-state index in [0.717, 1.165) is 19.4 Å². The van der Waals surface area contributed by atoms with E-state index >= 15 is 0 Å². The Morgan fingerprint density at radius 3 is 2.44 bits per heavy atom. The van der Waals surface area contributed by atoms with Crippen LogP contribution in [0.4, 0.5) is 0 Å². The maximum atomic E-state index is 6.06. The molecule has 0 aromatic carbocycles. The van der Waals surface area contributed by atoms with Gasteiger partial charge in [0.1, 0.15) is 0 Å². The maximum Gasteiger partial charge on any atom is 0.161 e. The summed E-state index contributed by atoms with van der Waals surface area (Å²) in [6.07, 6.45) is 7.08. The van der Waals surface area contributed by atoms with Gasteiger partial charge >= 0.3 is 0 Å². The number of rotatable bonds is 1. The fourth-order valence-corrected chi connectivity index (χ4v) is 2.41. The summed E-state index contributed by atoms with van der Waals surface area (Å²) in [6, 6.07) is 0. The fourth-order valence-electron chi connectivity index (χ4n) is 2.41. The zero-order chi connectivity index (χ0) is 11.8. The number of hydrogen-bond acceptors (Lipinski definition) is 2. The second kappa shape index (κ2) is 4.50. The summed E-state index contributed by atoms with van der Waals surface area (Å²) >= 11 is 0. The first-order valence-corrected chi connectivity index (χ1v) is 6.43. The molecule has 0 N–H and O–H groups in total. The molecular weight excluding hydrogens is 200 g/mol. The van der Waals surface area contributed by atoms with Crippen LogP contribution in [-0.2, 0) is 9.47 Å². The quantitative estimate of drug-likeness (QED) is 0.636. The predicted molar refractivity (Wildman–Crippen MR) is 65.1 cm³/mol. The van der Waals surface area contributed by atoms with E-state index in [-0.39, 0.29) is 17.8 Å². The molecule has 0 aromatic heterocycles. The fraction of sp³-hybridized carbons (Fsp3) is 0.857. The van der Waals surface area contributed by atoms with Crippen LogP contribution in [0.25, 0.3) is 0 Å². The molecule has 0 amide bonds. The van der Waals surface area contributed by atoms with Gasteiger partial charge in [-0.1, -0.05) is 32.9 Å². The molecule has 4 atom stereocenters. The van der Waals surface area contributed by atoms with Gasteiger partial charge in [-0.3, -0.25) is 0 Å². The first-order valence-electron chi connectivity index (χ1n) is 6.43. The van der Waals surface area contributed by atoms with Crippen LogP contribution in [-0.4, -0.2) is 19.0 Å². The third kappa shape index (κ3) is 2.33. The van der Waals surface area contributed by atoms with Crippen molar-refractivity contribution < 1.29 is 9.47 Å². The van der Waals surface area contributed by atoms with Crippen LogP contribution in [0, 0.1) is 17.3 Å².